The summed E-state index contributed by atoms with van der Waals surface area (Å²) in [5, 5.41) is 24.8. The summed E-state index contributed by atoms with van der Waals surface area (Å²) in [5.41, 5.74) is 10.3. The van der Waals surface area contributed by atoms with E-state index in [1.54, 1.807) is 0 Å². The Morgan fingerprint density at radius 3 is 1.93 bits per heavy atom. The molecule has 0 aliphatic carbocycles. The normalized spacial score (nSPS) is 13.7. The molecular weight excluding hydrogens is 394 g/mol. The zero-order valence-electron chi connectivity index (χ0n) is 15.5. The van der Waals surface area contributed by atoms with Gasteiger partial charge in [-0.15, -0.1) is 0 Å². The summed E-state index contributed by atoms with van der Waals surface area (Å²) >= 11 is 1.44. The molecule has 0 heterocycles. The van der Waals surface area contributed by atoms with Crippen LogP contribution in [0.1, 0.15) is 19.3 Å². The number of aliphatic carboxylic acids is 1. The van der Waals surface area contributed by atoms with Crippen molar-refractivity contribution in [3.8, 4) is 0 Å². The Labute approximate surface area is 166 Å². The largest absolute Gasteiger partial charge is 0.480 e. The lowest BCUT2D eigenvalue weighted by Gasteiger charge is -2.24. The van der Waals surface area contributed by atoms with Gasteiger partial charge in [0, 0.05) is 6.42 Å². The number of thioether (sulfide) groups is 1. The van der Waals surface area contributed by atoms with Gasteiger partial charge >= 0.3 is 5.97 Å². The zero-order valence-corrected chi connectivity index (χ0v) is 16.3. The lowest BCUT2D eigenvalue weighted by Crippen LogP contribution is -2.56. The molecule has 0 aromatic heterocycles. The Balaban J connectivity index is 5.26. The first kappa shape index (κ1) is 25.6. The molecule has 4 amide bonds. The first-order chi connectivity index (χ1) is 13.2. The van der Waals surface area contributed by atoms with E-state index in [0.29, 0.717) is 5.75 Å². The zero-order chi connectivity index (χ0) is 21.7. The molecule has 0 aliphatic heterocycles. The fourth-order valence-corrected chi connectivity index (χ4v) is 2.51. The molecule has 0 radical (unpaired) electrons. The Morgan fingerprint density at radius 2 is 1.50 bits per heavy atom. The topological polar surface area (TPSA) is 214 Å². The Kier molecular flexibility index (Phi) is 12.6. The van der Waals surface area contributed by atoms with Crippen LogP contribution in [0.25, 0.3) is 0 Å². The van der Waals surface area contributed by atoms with E-state index in [9.17, 15) is 24.0 Å². The summed E-state index contributed by atoms with van der Waals surface area (Å²) in [6, 6.07) is -3.84. The number of rotatable bonds is 14. The van der Waals surface area contributed by atoms with Crippen molar-refractivity contribution in [1.29, 1.82) is 0 Å². The van der Waals surface area contributed by atoms with Crippen LogP contribution in [-0.4, -0.2) is 83.1 Å². The number of carbonyl (C=O) groups is 5. The minimum Gasteiger partial charge on any atom is -0.480 e. The minimum atomic E-state index is -1.58. The molecule has 0 aliphatic rings. The number of hydrogen-bond acceptors (Lipinski definition) is 8. The van der Waals surface area contributed by atoms with Crippen LogP contribution in [0.15, 0.2) is 0 Å². The van der Waals surface area contributed by atoms with Crippen LogP contribution in [0.4, 0.5) is 0 Å². The quantitative estimate of drug-likeness (QED) is 0.148. The molecule has 28 heavy (non-hydrogen) atoms. The molecular formula is C15H27N5O7S. The van der Waals surface area contributed by atoms with Crippen molar-refractivity contribution in [3.05, 3.63) is 0 Å². The number of nitrogens with two attached hydrogens (primary N) is 2. The predicted molar refractivity (Wildman–Crippen MR) is 101 cm³/mol. The highest BCUT2D eigenvalue weighted by molar-refractivity contribution is 7.98. The van der Waals surface area contributed by atoms with Crippen molar-refractivity contribution in [1.82, 2.24) is 16.0 Å². The van der Waals surface area contributed by atoms with Gasteiger partial charge in [-0.25, -0.2) is 4.79 Å². The monoisotopic (exact) mass is 421 g/mol. The maximum absolute atomic E-state index is 12.5. The van der Waals surface area contributed by atoms with E-state index in [2.05, 4.69) is 16.0 Å². The number of amides is 4. The highest BCUT2D eigenvalue weighted by Crippen LogP contribution is 2.04. The summed E-state index contributed by atoms with van der Waals surface area (Å²) < 4.78 is 0. The smallest absolute Gasteiger partial charge is 0.328 e. The van der Waals surface area contributed by atoms with Crippen molar-refractivity contribution in [2.75, 3.05) is 25.2 Å². The van der Waals surface area contributed by atoms with Gasteiger partial charge in [-0.2, -0.15) is 11.8 Å². The van der Waals surface area contributed by atoms with E-state index in [-0.39, 0.29) is 25.8 Å². The third-order valence-electron chi connectivity index (χ3n) is 3.56. The number of aliphatic hydroxyl groups is 1. The average molecular weight is 421 g/mol. The van der Waals surface area contributed by atoms with E-state index in [1.165, 1.54) is 11.8 Å². The molecule has 0 aromatic rings. The van der Waals surface area contributed by atoms with Crippen LogP contribution in [-0.2, 0) is 24.0 Å². The maximum atomic E-state index is 12.5. The average Bonchev–Trinajstić information content (AvgIpc) is 2.65. The molecule has 0 aromatic carbocycles. The first-order valence-electron chi connectivity index (χ1n) is 8.37. The SMILES string of the molecule is CSCCC(NC(=O)CN)C(=O)NC(CCC(N)=O)C(=O)NC(CO)C(=O)O. The van der Waals surface area contributed by atoms with Gasteiger partial charge < -0.3 is 37.6 Å². The molecule has 3 unspecified atom stereocenters. The molecule has 12 nitrogen and oxygen atoms in total. The maximum Gasteiger partial charge on any atom is 0.328 e. The molecule has 0 spiro atoms. The lowest BCUT2D eigenvalue weighted by molar-refractivity contribution is -0.143. The summed E-state index contributed by atoms with van der Waals surface area (Å²) in [4.78, 5) is 58.3. The number of primary amides is 1. The highest BCUT2D eigenvalue weighted by atomic mass is 32.2. The van der Waals surface area contributed by atoms with Crippen molar-refractivity contribution >= 4 is 41.4 Å². The molecule has 0 saturated carbocycles. The standard InChI is InChI=1S/C15H27N5O7S/c1-28-5-4-9(18-12(23)6-16)14(25)19-8(2-3-11(17)22)13(24)20-10(7-21)15(26)27/h8-10,21H,2-7,16H2,1H3,(H2,17,22)(H,18,23)(H,19,25)(H,20,24)(H,26,27). The van der Waals surface area contributed by atoms with Crippen molar-refractivity contribution in [3.63, 3.8) is 0 Å². The van der Waals surface area contributed by atoms with Crippen molar-refractivity contribution < 1.29 is 34.2 Å². The minimum absolute atomic E-state index is 0.190. The third kappa shape index (κ3) is 10.1. The third-order valence-corrected chi connectivity index (χ3v) is 4.20. The van der Waals surface area contributed by atoms with E-state index < -0.39 is 54.3 Å². The van der Waals surface area contributed by atoms with E-state index in [0.717, 1.165) is 0 Å². The highest BCUT2D eigenvalue weighted by Gasteiger charge is 2.29. The molecule has 13 heteroatoms. The molecule has 3 atom stereocenters. The number of hydrogen-bond donors (Lipinski definition) is 7. The second-order valence-electron chi connectivity index (χ2n) is 5.75. The first-order valence-corrected chi connectivity index (χ1v) is 9.76. The van der Waals surface area contributed by atoms with Gasteiger partial charge in [0.2, 0.25) is 23.6 Å². The van der Waals surface area contributed by atoms with E-state index in [1.807, 2.05) is 6.26 Å². The Morgan fingerprint density at radius 1 is 0.964 bits per heavy atom. The van der Waals surface area contributed by atoms with Gasteiger partial charge in [0.05, 0.1) is 13.2 Å². The van der Waals surface area contributed by atoms with Gasteiger partial charge in [0.15, 0.2) is 0 Å². The molecule has 9 N–H and O–H groups in total. The van der Waals surface area contributed by atoms with E-state index >= 15 is 0 Å². The summed E-state index contributed by atoms with van der Waals surface area (Å²) in [6.45, 7) is -1.19. The Bertz CT molecular complexity index is 575. The van der Waals surface area contributed by atoms with Gasteiger partial charge in [-0.3, -0.25) is 19.2 Å². The summed E-state index contributed by atoms with van der Waals surface area (Å²) in [7, 11) is 0. The predicted octanol–water partition coefficient (Wildman–Crippen LogP) is -3.50. The number of carboxylic acid groups (broad SMARTS) is 1. The molecule has 0 fully saturated rings. The van der Waals surface area contributed by atoms with Gasteiger partial charge in [0.1, 0.15) is 18.1 Å². The van der Waals surface area contributed by atoms with Crippen molar-refractivity contribution in [2.45, 2.75) is 37.4 Å². The molecule has 160 valence electrons. The number of carboxylic acids is 1. The van der Waals surface area contributed by atoms with Crippen LogP contribution in [0, 0.1) is 0 Å². The summed E-state index contributed by atoms with van der Waals surface area (Å²) in [5.74, 6) is -3.83. The molecule has 0 bridgehead atoms. The lowest BCUT2D eigenvalue weighted by atomic mass is 10.1. The second-order valence-corrected chi connectivity index (χ2v) is 6.74. The van der Waals surface area contributed by atoms with E-state index in [4.69, 9.17) is 21.7 Å². The van der Waals surface area contributed by atoms with Gasteiger partial charge in [-0.05, 0) is 24.9 Å². The Hall–Kier alpha value is -2.38. The molecule has 0 rings (SSSR count). The van der Waals surface area contributed by atoms with Crippen LogP contribution < -0.4 is 27.4 Å². The second kappa shape index (κ2) is 13.7. The fourth-order valence-electron chi connectivity index (χ4n) is 2.04. The number of carbonyl (C=O) groups excluding carboxylic acids is 4. The fraction of sp³-hybridized carbons (Fsp3) is 0.667. The van der Waals surface area contributed by atoms with Crippen LogP contribution >= 0.6 is 11.8 Å². The number of aliphatic hydroxyl groups excluding tert-OH is 1. The van der Waals surface area contributed by atoms with Gasteiger partial charge in [0.25, 0.3) is 0 Å². The van der Waals surface area contributed by atoms with Crippen molar-refractivity contribution in [2.24, 2.45) is 11.5 Å². The van der Waals surface area contributed by atoms with Gasteiger partial charge in [-0.1, -0.05) is 0 Å². The molecule has 0 saturated heterocycles. The summed E-state index contributed by atoms with van der Waals surface area (Å²) in [6.07, 6.45) is 1.63. The number of nitrogens with one attached hydrogen (secondary N) is 3. The van der Waals surface area contributed by atoms with Crippen LogP contribution in [0.2, 0.25) is 0 Å². The van der Waals surface area contributed by atoms with Crippen LogP contribution in [0.3, 0.4) is 0 Å². The van der Waals surface area contributed by atoms with Crippen LogP contribution in [0.5, 0.6) is 0 Å².